The molecule has 55 heavy (non-hydrogen) atoms. The highest BCUT2D eigenvalue weighted by Crippen LogP contribution is 2.22. The molecule has 2 heterocycles. The molecule has 16 nitrogen and oxygen atoms in total. The fraction of sp³-hybridized carbons (Fsp3) is 0.615. The molecule has 16 heteroatoms. The minimum Gasteiger partial charge on any atom is -0.480 e. The third-order valence-electron chi connectivity index (χ3n) is 9.59. The van der Waals surface area contributed by atoms with Crippen LogP contribution in [-0.4, -0.2) is 99.2 Å². The van der Waals surface area contributed by atoms with Gasteiger partial charge in [0.2, 0.25) is 35.4 Å². The van der Waals surface area contributed by atoms with Crippen molar-refractivity contribution >= 4 is 52.3 Å². The maximum Gasteiger partial charge on any atom is 0.326 e. The van der Waals surface area contributed by atoms with E-state index in [4.69, 9.17) is 11.5 Å². The molecule has 10 N–H and O–H groups in total. The van der Waals surface area contributed by atoms with E-state index in [0.29, 0.717) is 12.8 Å². The zero-order valence-corrected chi connectivity index (χ0v) is 32.9. The number of aliphatic carboxylic acids is 1. The number of primary amides is 1. The summed E-state index contributed by atoms with van der Waals surface area (Å²) >= 11 is 0. The quantitative estimate of drug-likeness (QED) is 0.0913. The molecule has 304 valence electrons. The Balaban J connectivity index is 1.88. The molecule has 2 aromatic rings. The SMILES string of the molecule is CC(C)C[C@H](NC(=O)[C@H](CC(C)C)NC(=O)[C@H](Cc1c[nH]c2ccccc12)NC(=O)[C@H](CC(C)C)NC(=O)[C@@H]1CCCN1C(=O)[C@@H](N)CCC(N)=O)C(=O)O. The number of rotatable bonds is 21. The van der Waals surface area contributed by atoms with Gasteiger partial charge in [-0.25, -0.2) is 4.79 Å². The predicted molar refractivity (Wildman–Crippen MR) is 207 cm³/mol. The van der Waals surface area contributed by atoms with Gasteiger partial charge in [0.15, 0.2) is 0 Å². The van der Waals surface area contributed by atoms with Crippen molar-refractivity contribution in [2.75, 3.05) is 6.54 Å². The van der Waals surface area contributed by atoms with Gasteiger partial charge in [0, 0.05) is 36.5 Å². The molecule has 6 amide bonds. The highest BCUT2D eigenvalue weighted by atomic mass is 16.4. The Morgan fingerprint density at radius 1 is 0.800 bits per heavy atom. The van der Waals surface area contributed by atoms with E-state index in [-0.39, 0.29) is 62.8 Å². The molecule has 0 radical (unpaired) electrons. The van der Waals surface area contributed by atoms with Crippen LogP contribution in [-0.2, 0) is 40.0 Å². The molecule has 1 aromatic carbocycles. The first-order valence-corrected chi connectivity index (χ1v) is 19.2. The highest BCUT2D eigenvalue weighted by Gasteiger charge is 2.38. The number of para-hydroxylation sites is 1. The number of benzene rings is 1. The molecule has 1 aliphatic rings. The van der Waals surface area contributed by atoms with E-state index in [9.17, 15) is 38.7 Å². The van der Waals surface area contributed by atoms with Gasteiger partial charge in [-0.15, -0.1) is 0 Å². The summed E-state index contributed by atoms with van der Waals surface area (Å²) in [5.74, 6) is -4.90. The average molecular weight is 769 g/mol. The van der Waals surface area contributed by atoms with Crippen LogP contribution in [0.5, 0.6) is 0 Å². The van der Waals surface area contributed by atoms with E-state index in [1.165, 1.54) is 4.90 Å². The molecule has 1 fully saturated rings. The maximum absolute atomic E-state index is 14.2. The van der Waals surface area contributed by atoms with Gasteiger partial charge in [0.1, 0.15) is 30.2 Å². The standard InChI is InChI=1S/C39H60N8O8/c1-21(2)16-28(35(50)46-31(39(54)55)18-23(5)6)43-36(51)30(19-24-20-42-27-11-8-7-10-25(24)27)44-34(49)29(17-22(3)4)45-37(52)32-12-9-15-47(32)38(53)26(40)13-14-33(41)48/h7-8,10-11,20-23,26,28-32,42H,9,12-19,40H2,1-6H3,(H2,41,48)(H,43,51)(H,44,49)(H,45,52)(H,46,50)(H,54,55)/t26-,28-,29-,30-,31-,32-/m0/s1. The molecule has 1 aliphatic heterocycles. The van der Waals surface area contributed by atoms with Crippen LogP contribution in [0.25, 0.3) is 10.9 Å². The van der Waals surface area contributed by atoms with Crippen molar-refractivity contribution in [3.63, 3.8) is 0 Å². The van der Waals surface area contributed by atoms with Crippen molar-refractivity contribution in [1.82, 2.24) is 31.2 Å². The zero-order chi connectivity index (χ0) is 41.0. The lowest BCUT2D eigenvalue weighted by molar-refractivity contribution is -0.143. The van der Waals surface area contributed by atoms with Gasteiger partial charge < -0.3 is 47.7 Å². The number of aromatic amines is 1. The molecular formula is C39H60N8O8. The number of likely N-dealkylation sites (tertiary alicyclic amines) is 1. The number of carbonyl (C=O) groups excluding carboxylic acids is 6. The number of hydrogen-bond donors (Lipinski definition) is 8. The highest BCUT2D eigenvalue weighted by molar-refractivity contribution is 5.97. The fourth-order valence-electron chi connectivity index (χ4n) is 6.85. The Morgan fingerprint density at radius 3 is 1.91 bits per heavy atom. The number of carboxylic acid groups (broad SMARTS) is 1. The summed E-state index contributed by atoms with van der Waals surface area (Å²) in [4.78, 5) is 96.5. The number of hydrogen-bond acceptors (Lipinski definition) is 8. The Morgan fingerprint density at radius 2 is 1.33 bits per heavy atom. The topological polar surface area (TPSA) is 259 Å². The van der Waals surface area contributed by atoms with Crippen LogP contribution in [0.15, 0.2) is 30.5 Å². The van der Waals surface area contributed by atoms with Crippen LogP contribution in [0.3, 0.4) is 0 Å². The lowest BCUT2D eigenvalue weighted by Gasteiger charge is -2.30. The van der Waals surface area contributed by atoms with Gasteiger partial charge in [-0.1, -0.05) is 59.7 Å². The first-order valence-electron chi connectivity index (χ1n) is 19.2. The van der Waals surface area contributed by atoms with Gasteiger partial charge in [-0.05, 0) is 67.9 Å². The van der Waals surface area contributed by atoms with E-state index in [1.807, 2.05) is 65.8 Å². The van der Waals surface area contributed by atoms with Crippen LogP contribution >= 0.6 is 0 Å². The minimum absolute atomic E-state index is 0.0160. The molecule has 1 aromatic heterocycles. The summed E-state index contributed by atoms with van der Waals surface area (Å²) in [6.07, 6.45) is 3.22. The largest absolute Gasteiger partial charge is 0.480 e. The van der Waals surface area contributed by atoms with E-state index < -0.39 is 77.7 Å². The van der Waals surface area contributed by atoms with E-state index in [1.54, 1.807) is 6.20 Å². The molecule has 0 aliphatic carbocycles. The van der Waals surface area contributed by atoms with Crippen molar-refractivity contribution < 1.29 is 38.7 Å². The van der Waals surface area contributed by atoms with Crippen LogP contribution in [0.4, 0.5) is 0 Å². The molecule has 0 bridgehead atoms. The second-order valence-electron chi connectivity index (χ2n) is 15.8. The molecule has 0 saturated carbocycles. The fourth-order valence-corrected chi connectivity index (χ4v) is 6.85. The molecule has 1 saturated heterocycles. The second kappa shape index (κ2) is 20.6. The van der Waals surface area contributed by atoms with Crippen LogP contribution in [0, 0.1) is 17.8 Å². The Hall–Kier alpha value is -4.99. The monoisotopic (exact) mass is 768 g/mol. The van der Waals surface area contributed by atoms with Crippen molar-refractivity contribution in [2.24, 2.45) is 29.2 Å². The van der Waals surface area contributed by atoms with Crippen molar-refractivity contribution in [3.8, 4) is 0 Å². The average Bonchev–Trinajstić information content (AvgIpc) is 3.76. The number of H-pyrrole nitrogens is 1. The third-order valence-corrected chi connectivity index (χ3v) is 9.59. The van der Waals surface area contributed by atoms with Gasteiger partial charge in [0.25, 0.3) is 0 Å². The summed E-state index contributed by atoms with van der Waals surface area (Å²) < 4.78 is 0. The number of amides is 6. The van der Waals surface area contributed by atoms with Gasteiger partial charge >= 0.3 is 5.97 Å². The van der Waals surface area contributed by atoms with Crippen LogP contribution < -0.4 is 32.7 Å². The molecule has 3 rings (SSSR count). The zero-order valence-electron chi connectivity index (χ0n) is 32.9. The molecule has 0 spiro atoms. The van der Waals surface area contributed by atoms with Gasteiger partial charge in [-0.2, -0.15) is 0 Å². The van der Waals surface area contributed by atoms with E-state index in [2.05, 4.69) is 26.3 Å². The first kappa shape index (κ1) is 44.4. The maximum atomic E-state index is 14.2. The van der Waals surface area contributed by atoms with Crippen molar-refractivity contribution in [2.45, 2.75) is 129 Å². The number of aromatic nitrogens is 1. The summed E-state index contributed by atoms with van der Waals surface area (Å²) in [6, 6.07) is 1.00. The summed E-state index contributed by atoms with van der Waals surface area (Å²) in [6.45, 7) is 11.5. The second-order valence-corrected chi connectivity index (χ2v) is 15.8. The number of nitrogens with two attached hydrogens (primary N) is 2. The Kier molecular flexibility index (Phi) is 16.7. The van der Waals surface area contributed by atoms with Crippen LogP contribution in [0.1, 0.15) is 92.1 Å². The summed E-state index contributed by atoms with van der Waals surface area (Å²) in [5.41, 5.74) is 12.8. The third kappa shape index (κ3) is 13.4. The Bertz CT molecular complexity index is 1670. The lowest BCUT2D eigenvalue weighted by atomic mass is 9.98. The van der Waals surface area contributed by atoms with Gasteiger partial charge in [0.05, 0.1) is 6.04 Å². The smallest absolute Gasteiger partial charge is 0.326 e. The number of carbonyl (C=O) groups is 7. The molecule has 0 unspecified atom stereocenters. The van der Waals surface area contributed by atoms with E-state index >= 15 is 0 Å². The summed E-state index contributed by atoms with van der Waals surface area (Å²) in [7, 11) is 0. The van der Waals surface area contributed by atoms with Gasteiger partial charge in [-0.3, -0.25) is 28.8 Å². The Labute approximate surface area is 322 Å². The van der Waals surface area contributed by atoms with Crippen molar-refractivity contribution in [1.29, 1.82) is 0 Å². The minimum atomic E-state index is -1.21. The molecular weight excluding hydrogens is 708 g/mol. The van der Waals surface area contributed by atoms with E-state index in [0.717, 1.165) is 16.5 Å². The number of fused-ring (bicyclic) bond motifs is 1. The summed E-state index contributed by atoms with van der Waals surface area (Å²) in [5, 5.41) is 21.6. The normalized spacial score (nSPS) is 17.1. The number of nitrogens with one attached hydrogen (secondary N) is 5. The lowest BCUT2D eigenvalue weighted by Crippen LogP contribution is -2.59. The van der Waals surface area contributed by atoms with Crippen LogP contribution in [0.2, 0.25) is 0 Å². The van der Waals surface area contributed by atoms with Crippen molar-refractivity contribution in [3.05, 3.63) is 36.0 Å². The first-order chi connectivity index (χ1) is 25.9. The number of carboxylic acids is 1. The predicted octanol–water partition coefficient (Wildman–Crippen LogP) is 1.46. The number of nitrogens with zero attached hydrogens (tertiary/aromatic N) is 1. The molecule has 6 atom stereocenters.